The van der Waals surface area contributed by atoms with Crippen molar-refractivity contribution in [3.63, 3.8) is 0 Å². The Kier molecular flexibility index (Phi) is 4.36. The Bertz CT molecular complexity index is 345. The van der Waals surface area contributed by atoms with Gasteiger partial charge in [0.2, 0.25) is 0 Å². The lowest BCUT2D eigenvalue weighted by Gasteiger charge is -2.26. The minimum Gasteiger partial charge on any atom is -0.508 e. The van der Waals surface area contributed by atoms with E-state index in [0.717, 1.165) is 18.5 Å². The Balaban J connectivity index is 2.63. The Labute approximate surface area is 98.7 Å². The van der Waals surface area contributed by atoms with E-state index < -0.39 is 0 Å². The van der Waals surface area contributed by atoms with Gasteiger partial charge in [-0.05, 0) is 33.3 Å². The van der Waals surface area contributed by atoms with Crippen LogP contribution in [0.1, 0.15) is 44.7 Å². The lowest BCUT2D eigenvalue weighted by molar-refractivity contribution is 0.353. The summed E-state index contributed by atoms with van der Waals surface area (Å²) in [6.07, 6.45) is 2.30. The average molecular weight is 221 g/mol. The summed E-state index contributed by atoms with van der Waals surface area (Å²) in [5.41, 5.74) is 2.29. The van der Waals surface area contributed by atoms with Gasteiger partial charge in [0, 0.05) is 17.6 Å². The third-order valence-corrected chi connectivity index (χ3v) is 2.87. The number of benzene rings is 1. The van der Waals surface area contributed by atoms with Gasteiger partial charge in [-0.15, -0.1) is 0 Å². The van der Waals surface area contributed by atoms with Gasteiger partial charge in [-0.1, -0.05) is 31.0 Å². The van der Waals surface area contributed by atoms with Crippen LogP contribution in [0.25, 0.3) is 0 Å². The second-order valence-corrected chi connectivity index (χ2v) is 5.12. The Morgan fingerprint density at radius 2 is 2.00 bits per heavy atom. The number of nitrogens with one attached hydrogen (secondary N) is 1. The number of hydrogen-bond donors (Lipinski definition) is 2. The predicted octanol–water partition coefficient (Wildman–Crippen LogP) is 3.37. The number of aryl methyl sites for hydroxylation is 1. The Hall–Kier alpha value is -1.02. The first-order chi connectivity index (χ1) is 7.44. The summed E-state index contributed by atoms with van der Waals surface area (Å²) < 4.78 is 0. The van der Waals surface area contributed by atoms with E-state index in [4.69, 9.17) is 0 Å². The zero-order valence-corrected chi connectivity index (χ0v) is 10.8. The maximum atomic E-state index is 9.72. The van der Waals surface area contributed by atoms with Crippen LogP contribution in [0, 0.1) is 6.92 Å². The molecule has 16 heavy (non-hydrogen) atoms. The summed E-state index contributed by atoms with van der Waals surface area (Å²) in [5, 5.41) is 13.2. The van der Waals surface area contributed by atoms with E-state index in [9.17, 15) is 5.11 Å². The molecule has 2 heteroatoms. The molecule has 0 heterocycles. The van der Waals surface area contributed by atoms with Gasteiger partial charge >= 0.3 is 0 Å². The molecule has 0 aliphatic rings. The van der Waals surface area contributed by atoms with Crippen molar-refractivity contribution in [3.8, 4) is 5.75 Å². The van der Waals surface area contributed by atoms with E-state index in [1.165, 1.54) is 12.0 Å². The normalized spacial score (nSPS) is 11.8. The fourth-order valence-electron chi connectivity index (χ4n) is 1.90. The SMILES string of the molecule is CCCC(C)(C)NCc1cc(C)ccc1O. The van der Waals surface area contributed by atoms with Crippen molar-refractivity contribution in [1.82, 2.24) is 5.32 Å². The largest absolute Gasteiger partial charge is 0.508 e. The highest BCUT2D eigenvalue weighted by Gasteiger charge is 2.15. The second kappa shape index (κ2) is 5.35. The third-order valence-electron chi connectivity index (χ3n) is 2.87. The van der Waals surface area contributed by atoms with Crippen molar-refractivity contribution in [2.45, 2.75) is 52.6 Å². The molecule has 0 spiro atoms. The summed E-state index contributed by atoms with van der Waals surface area (Å²) in [6.45, 7) is 9.35. The van der Waals surface area contributed by atoms with Crippen LogP contribution in [0.5, 0.6) is 5.75 Å². The van der Waals surface area contributed by atoms with Crippen LogP contribution in [-0.2, 0) is 6.54 Å². The highest BCUT2D eigenvalue weighted by molar-refractivity contribution is 5.35. The molecule has 0 saturated carbocycles. The molecule has 2 nitrogen and oxygen atoms in total. The van der Waals surface area contributed by atoms with Crippen LogP contribution in [0.3, 0.4) is 0 Å². The van der Waals surface area contributed by atoms with Gasteiger partial charge in [0.1, 0.15) is 5.75 Å². The van der Waals surface area contributed by atoms with Crippen molar-refractivity contribution in [2.75, 3.05) is 0 Å². The minimum absolute atomic E-state index is 0.130. The van der Waals surface area contributed by atoms with E-state index in [2.05, 4.69) is 26.1 Å². The molecule has 0 unspecified atom stereocenters. The molecular formula is C14H23NO. The van der Waals surface area contributed by atoms with E-state index in [1.54, 1.807) is 6.07 Å². The molecule has 90 valence electrons. The molecule has 0 aliphatic carbocycles. The number of phenols is 1. The van der Waals surface area contributed by atoms with Crippen LogP contribution in [-0.4, -0.2) is 10.6 Å². The first-order valence-electron chi connectivity index (χ1n) is 5.98. The van der Waals surface area contributed by atoms with Crippen LogP contribution >= 0.6 is 0 Å². The monoisotopic (exact) mass is 221 g/mol. The van der Waals surface area contributed by atoms with Gasteiger partial charge in [0.05, 0.1) is 0 Å². The average Bonchev–Trinajstić information content (AvgIpc) is 2.19. The number of aromatic hydroxyl groups is 1. The lowest BCUT2D eigenvalue weighted by atomic mass is 9.98. The molecule has 0 amide bonds. The van der Waals surface area contributed by atoms with Crippen LogP contribution < -0.4 is 5.32 Å². The maximum absolute atomic E-state index is 9.72. The molecule has 1 rings (SSSR count). The van der Waals surface area contributed by atoms with Gasteiger partial charge in [-0.25, -0.2) is 0 Å². The Morgan fingerprint density at radius 1 is 1.31 bits per heavy atom. The Morgan fingerprint density at radius 3 is 2.62 bits per heavy atom. The first kappa shape index (κ1) is 13.0. The highest BCUT2D eigenvalue weighted by Crippen LogP contribution is 2.19. The molecule has 0 aromatic heterocycles. The zero-order chi connectivity index (χ0) is 12.2. The molecule has 0 fully saturated rings. The van der Waals surface area contributed by atoms with Gasteiger partial charge in [-0.3, -0.25) is 0 Å². The van der Waals surface area contributed by atoms with E-state index in [-0.39, 0.29) is 5.54 Å². The summed E-state index contributed by atoms with van der Waals surface area (Å²) in [4.78, 5) is 0. The van der Waals surface area contributed by atoms with Crippen molar-refractivity contribution < 1.29 is 5.11 Å². The zero-order valence-electron chi connectivity index (χ0n) is 10.8. The molecule has 1 aromatic carbocycles. The van der Waals surface area contributed by atoms with Crippen molar-refractivity contribution in [1.29, 1.82) is 0 Å². The fourth-order valence-corrected chi connectivity index (χ4v) is 1.90. The molecule has 0 bridgehead atoms. The molecule has 0 atom stereocenters. The standard InChI is InChI=1S/C14H23NO/c1-5-8-14(3,4)15-10-12-9-11(2)6-7-13(12)16/h6-7,9,15-16H,5,8,10H2,1-4H3. The highest BCUT2D eigenvalue weighted by atomic mass is 16.3. The number of hydrogen-bond acceptors (Lipinski definition) is 2. The molecule has 0 aliphatic heterocycles. The third kappa shape index (κ3) is 3.86. The van der Waals surface area contributed by atoms with Crippen LogP contribution in [0.2, 0.25) is 0 Å². The molecule has 0 saturated heterocycles. The van der Waals surface area contributed by atoms with Gasteiger partial charge in [0.15, 0.2) is 0 Å². The molecular weight excluding hydrogens is 198 g/mol. The maximum Gasteiger partial charge on any atom is 0.120 e. The molecule has 0 radical (unpaired) electrons. The van der Waals surface area contributed by atoms with Crippen LogP contribution in [0.4, 0.5) is 0 Å². The minimum atomic E-state index is 0.130. The van der Waals surface area contributed by atoms with Crippen molar-refractivity contribution in [3.05, 3.63) is 29.3 Å². The summed E-state index contributed by atoms with van der Waals surface area (Å²) >= 11 is 0. The quantitative estimate of drug-likeness (QED) is 0.799. The summed E-state index contributed by atoms with van der Waals surface area (Å²) in [7, 11) is 0. The van der Waals surface area contributed by atoms with Crippen molar-refractivity contribution >= 4 is 0 Å². The van der Waals surface area contributed by atoms with E-state index in [1.807, 2.05) is 19.1 Å². The molecule has 2 N–H and O–H groups in total. The number of rotatable bonds is 5. The van der Waals surface area contributed by atoms with Gasteiger partial charge < -0.3 is 10.4 Å². The first-order valence-corrected chi connectivity index (χ1v) is 5.98. The van der Waals surface area contributed by atoms with E-state index >= 15 is 0 Å². The second-order valence-electron chi connectivity index (χ2n) is 5.12. The summed E-state index contributed by atoms with van der Waals surface area (Å²) in [5.74, 6) is 0.380. The smallest absolute Gasteiger partial charge is 0.120 e. The van der Waals surface area contributed by atoms with Crippen LogP contribution in [0.15, 0.2) is 18.2 Å². The fraction of sp³-hybridized carbons (Fsp3) is 0.571. The number of phenolic OH excluding ortho intramolecular Hbond substituents is 1. The predicted molar refractivity (Wildman–Crippen MR) is 68.7 cm³/mol. The van der Waals surface area contributed by atoms with Gasteiger partial charge in [0.25, 0.3) is 0 Å². The van der Waals surface area contributed by atoms with Crippen molar-refractivity contribution in [2.24, 2.45) is 0 Å². The van der Waals surface area contributed by atoms with Gasteiger partial charge in [-0.2, -0.15) is 0 Å². The topological polar surface area (TPSA) is 32.3 Å². The molecule has 1 aromatic rings. The summed E-state index contributed by atoms with van der Waals surface area (Å²) in [6, 6.07) is 5.72. The van der Waals surface area contributed by atoms with E-state index in [0.29, 0.717) is 5.75 Å². The lowest BCUT2D eigenvalue weighted by Crippen LogP contribution is -2.38.